The van der Waals surface area contributed by atoms with Crippen LogP contribution < -0.4 is 25.3 Å². The smallest absolute Gasteiger partial charge is 0.253 e. The number of amides is 3. The van der Waals surface area contributed by atoms with Gasteiger partial charge in [0.05, 0.1) is 16.3 Å². The topological polar surface area (TPSA) is 115 Å². The first-order chi connectivity index (χ1) is 28.5. The van der Waals surface area contributed by atoms with E-state index in [0.717, 1.165) is 95.0 Å². The largest absolute Gasteiger partial charge is 0.374 e. The number of carbonyl (C=O) groups is 3. The van der Waals surface area contributed by atoms with E-state index in [1.54, 1.807) is 12.1 Å². The molecule has 0 bridgehead atoms. The Morgan fingerprint density at radius 3 is 2.31 bits per heavy atom. The predicted octanol–water partition coefficient (Wildman–Crippen LogP) is 6.66. The molecule has 3 aromatic rings. The van der Waals surface area contributed by atoms with Gasteiger partial charge in [-0.1, -0.05) is 17.7 Å². The molecule has 5 heterocycles. The van der Waals surface area contributed by atoms with E-state index in [-0.39, 0.29) is 29.0 Å². The lowest BCUT2D eigenvalue weighted by atomic mass is 9.60. The monoisotopic (exact) mass is 820 g/mol. The zero-order valence-electron chi connectivity index (χ0n) is 33.9. The lowest BCUT2D eigenvalue weighted by Gasteiger charge is -2.56. The number of piperidine rings is 3. The first-order valence-corrected chi connectivity index (χ1v) is 21.9. The van der Waals surface area contributed by atoms with Crippen LogP contribution in [-0.4, -0.2) is 105 Å². The molecule has 1 aliphatic carbocycles. The summed E-state index contributed by atoms with van der Waals surface area (Å²) in [7, 11) is 0. The van der Waals surface area contributed by atoms with Gasteiger partial charge >= 0.3 is 0 Å². The van der Waals surface area contributed by atoms with Crippen molar-refractivity contribution in [1.82, 2.24) is 15.1 Å². The van der Waals surface area contributed by atoms with Gasteiger partial charge in [0.2, 0.25) is 11.8 Å². The summed E-state index contributed by atoms with van der Waals surface area (Å²) >= 11 is 6.37. The maximum absolute atomic E-state index is 15.7. The van der Waals surface area contributed by atoms with Crippen LogP contribution in [0.1, 0.15) is 80.6 Å². The van der Waals surface area contributed by atoms with Crippen molar-refractivity contribution in [1.29, 1.82) is 5.26 Å². The quantitative estimate of drug-likeness (QED) is 0.253. The molecule has 0 aromatic heterocycles. The Kier molecular flexibility index (Phi) is 10.7. The van der Waals surface area contributed by atoms with E-state index in [1.165, 1.54) is 18.9 Å². The van der Waals surface area contributed by atoms with Gasteiger partial charge < -0.3 is 24.9 Å². The molecule has 9 rings (SSSR count). The zero-order chi connectivity index (χ0) is 40.9. The zero-order valence-corrected chi connectivity index (χ0v) is 34.7. The van der Waals surface area contributed by atoms with Crippen LogP contribution in [0.15, 0.2) is 60.7 Å². The number of benzene rings is 3. The Balaban J connectivity index is 0.721. The van der Waals surface area contributed by atoms with Crippen molar-refractivity contribution in [2.24, 2.45) is 10.8 Å². The van der Waals surface area contributed by atoms with Gasteiger partial charge in [-0.15, -0.1) is 0 Å². The van der Waals surface area contributed by atoms with Crippen molar-refractivity contribution < 1.29 is 18.8 Å². The second kappa shape index (κ2) is 16.0. The summed E-state index contributed by atoms with van der Waals surface area (Å²) in [5.74, 6) is -0.876. The van der Waals surface area contributed by atoms with Crippen LogP contribution in [0.2, 0.25) is 5.02 Å². The van der Waals surface area contributed by atoms with Gasteiger partial charge in [-0.2, -0.15) is 5.26 Å². The molecule has 2 spiro atoms. The van der Waals surface area contributed by atoms with Crippen molar-refractivity contribution in [3.8, 4) is 6.07 Å². The molecule has 13 heteroatoms. The molecular formula is C46H54ClFN8O3. The molecule has 2 N–H and O–H groups in total. The second-order valence-electron chi connectivity index (χ2n) is 18.2. The van der Waals surface area contributed by atoms with Crippen LogP contribution in [-0.2, 0) is 9.59 Å². The Labute approximate surface area is 351 Å². The van der Waals surface area contributed by atoms with Gasteiger partial charge in [-0.25, -0.2) is 4.39 Å². The number of imide groups is 1. The predicted molar refractivity (Wildman–Crippen MR) is 228 cm³/mol. The number of anilines is 4. The average molecular weight is 821 g/mol. The molecule has 11 nitrogen and oxygen atoms in total. The van der Waals surface area contributed by atoms with Crippen LogP contribution in [0.3, 0.4) is 0 Å². The summed E-state index contributed by atoms with van der Waals surface area (Å²) in [6.07, 6.45) is 8.17. The summed E-state index contributed by atoms with van der Waals surface area (Å²) in [5, 5.41) is 15.5. The Morgan fingerprint density at radius 1 is 0.864 bits per heavy atom. The number of likely N-dealkylation sites (tertiary alicyclic amines) is 1. The van der Waals surface area contributed by atoms with Crippen LogP contribution in [0.4, 0.5) is 27.1 Å². The second-order valence-corrected chi connectivity index (χ2v) is 18.6. The van der Waals surface area contributed by atoms with Crippen molar-refractivity contribution in [2.45, 2.75) is 82.8 Å². The van der Waals surface area contributed by atoms with E-state index >= 15 is 4.39 Å². The summed E-state index contributed by atoms with van der Waals surface area (Å²) in [6, 6.07) is 21.6. The maximum Gasteiger partial charge on any atom is 0.253 e. The summed E-state index contributed by atoms with van der Waals surface area (Å²) in [5.41, 5.74) is 5.00. The minimum atomic E-state index is -0.399. The Morgan fingerprint density at radius 2 is 1.61 bits per heavy atom. The van der Waals surface area contributed by atoms with E-state index in [1.807, 2.05) is 35.2 Å². The molecule has 6 aliphatic rings. The number of rotatable bonds is 7. The average Bonchev–Trinajstić information content (AvgIpc) is 3.56. The molecule has 3 aromatic carbocycles. The van der Waals surface area contributed by atoms with Gasteiger partial charge in [0.15, 0.2) is 0 Å². The summed E-state index contributed by atoms with van der Waals surface area (Å²) in [4.78, 5) is 48.9. The number of piperazine rings is 1. The van der Waals surface area contributed by atoms with Gasteiger partial charge in [-0.3, -0.25) is 24.6 Å². The molecule has 59 heavy (non-hydrogen) atoms. The molecule has 6 fully saturated rings. The first-order valence-electron chi connectivity index (χ1n) is 21.5. The van der Waals surface area contributed by atoms with Crippen molar-refractivity contribution in [3.05, 3.63) is 82.6 Å². The van der Waals surface area contributed by atoms with Crippen LogP contribution in [0, 0.1) is 28.0 Å². The SMILES string of the molecule is CC1CC2(CCN(c3ccc(C(=O)N4CCC5(CC4)CC(N4CCN(c6cccc(NC7CCC(=O)NC7=O)c6)CC4)C5)cc3F)CC2)CN1c1ccc(C#N)c(Cl)c1. The molecule has 1 saturated carbocycles. The number of carbonyl (C=O) groups excluding carboxylic acids is 3. The molecule has 2 atom stereocenters. The van der Waals surface area contributed by atoms with E-state index in [9.17, 15) is 19.6 Å². The highest BCUT2D eigenvalue weighted by Gasteiger charge is 2.49. The molecule has 5 saturated heterocycles. The van der Waals surface area contributed by atoms with Gasteiger partial charge in [0.25, 0.3) is 5.91 Å². The fourth-order valence-corrected chi connectivity index (χ4v) is 11.3. The molecule has 310 valence electrons. The lowest BCUT2D eigenvalue weighted by Crippen LogP contribution is -2.59. The van der Waals surface area contributed by atoms with Crippen molar-refractivity contribution in [3.63, 3.8) is 0 Å². The Bertz CT molecular complexity index is 2150. The van der Waals surface area contributed by atoms with E-state index in [2.05, 4.69) is 55.4 Å². The number of hydrogen-bond donors (Lipinski definition) is 2. The minimum Gasteiger partial charge on any atom is -0.374 e. The van der Waals surface area contributed by atoms with Gasteiger partial charge in [0, 0.05) is 100 Å². The highest BCUT2D eigenvalue weighted by Crippen LogP contribution is 2.51. The molecule has 2 unspecified atom stereocenters. The third-order valence-electron chi connectivity index (χ3n) is 14.6. The minimum absolute atomic E-state index is 0.0748. The standard InChI is InChI=1S/C46H54ClFN8O3/c1-31-26-46(30-56(31)36-7-5-33(29-49)38(47)25-36)13-15-54(16-14-46)41-9-6-32(23-39(41)48)44(59)55-17-11-45(12-18-55)27-37(28-45)53-21-19-52(20-22-53)35-4-2-3-34(24-35)50-40-8-10-42(57)51-43(40)58/h2-7,9,23-25,31,37,40,50H,8,10-22,26-28,30H2,1H3,(H,51,57,58). The third-order valence-corrected chi connectivity index (χ3v) is 14.9. The van der Waals surface area contributed by atoms with Crippen LogP contribution in [0.5, 0.6) is 0 Å². The molecule has 5 aliphatic heterocycles. The molecular weight excluding hydrogens is 767 g/mol. The molecule has 3 amide bonds. The van der Waals surface area contributed by atoms with E-state index < -0.39 is 6.04 Å². The molecule has 0 radical (unpaired) electrons. The van der Waals surface area contributed by atoms with Gasteiger partial charge in [-0.05, 0) is 124 Å². The van der Waals surface area contributed by atoms with Crippen molar-refractivity contribution >= 4 is 52.1 Å². The fraction of sp³-hybridized carbons (Fsp3) is 0.522. The number of halogens is 2. The maximum atomic E-state index is 15.7. The van der Waals surface area contributed by atoms with E-state index in [4.69, 9.17) is 11.6 Å². The van der Waals surface area contributed by atoms with E-state index in [0.29, 0.717) is 65.3 Å². The number of nitriles is 1. The summed E-state index contributed by atoms with van der Waals surface area (Å²) in [6.45, 7) is 10.0. The number of hydrogen-bond acceptors (Lipinski definition) is 9. The highest BCUT2D eigenvalue weighted by molar-refractivity contribution is 6.32. The number of nitrogens with zero attached hydrogens (tertiary/aromatic N) is 6. The lowest BCUT2D eigenvalue weighted by molar-refractivity contribution is -0.133. The fourth-order valence-electron chi connectivity index (χ4n) is 11.1. The number of nitrogens with one attached hydrogen (secondary N) is 2. The highest BCUT2D eigenvalue weighted by atomic mass is 35.5. The summed E-state index contributed by atoms with van der Waals surface area (Å²) < 4.78 is 15.7. The van der Waals surface area contributed by atoms with Crippen LogP contribution >= 0.6 is 11.6 Å². The van der Waals surface area contributed by atoms with Crippen molar-refractivity contribution in [2.75, 3.05) is 78.9 Å². The normalized spacial score (nSPS) is 24.6. The van der Waals surface area contributed by atoms with Crippen LogP contribution in [0.25, 0.3) is 0 Å². The third kappa shape index (κ3) is 7.96. The Hall–Kier alpha value is -4.86. The first kappa shape index (κ1) is 39.6. The van der Waals surface area contributed by atoms with Gasteiger partial charge in [0.1, 0.15) is 17.9 Å².